The van der Waals surface area contributed by atoms with Crippen molar-refractivity contribution < 1.29 is 12.6 Å². The van der Waals surface area contributed by atoms with Crippen LogP contribution in [0.5, 0.6) is 0 Å². The molecule has 0 radical (unpaired) electrons. The van der Waals surface area contributed by atoms with Crippen molar-refractivity contribution in [2.45, 2.75) is 0 Å². The predicted molar refractivity (Wildman–Crippen MR) is 22.5 cm³/mol. The lowest BCUT2D eigenvalue weighted by molar-refractivity contribution is 0.379. The number of rotatable bonds is 0. The Kier molecular flexibility index (Phi) is 0.820. The van der Waals surface area contributed by atoms with E-state index in [0.29, 0.717) is 5.94 Å². The lowest BCUT2D eigenvalue weighted by Gasteiger charge is -2.08. The standard InChI is InChI=1S/CH2O3S2/c2-6(3)4-1-5-6/h1H2. The molecule has 1 fully saturated rings. The minimum absolute atomic E-state index is 0.294. The van der Waals surface area contributed by atoms with E-state index in [1.54, 1.807) is 0 Å². The highest BCUT2D eigenvalue weighted by molar-refractivity contribution is 8.72. The Bertz CT molecular complexity index is 123. The van der Waals surface area contributed by atoms with Crippen LogP contribution in [0.1, 0.15) is 0 Å². The Balaban J connectivity index is 2.78. The van der Waals surface area contributed by atoms with Crippen LogP contribution >= 0.6 is 10.8 Å². The number of hydrogen-bond acceptors (Lipinski definition) is 4. The largest absolute Gasteiger partial charge is 0.325 e. The van der Waals surface area contributed by atoms with E-state index in [1.807, 2.05) is 0 Å². The second-order valence-corrected chi connectivity index (χ2v) is 4.22. The van der Waals surface area contributed by atoms with Crippen molar-refractivity contribution in [2.24, 2.45) is 0 Å². The number of hydrogen-bond donors (Lipinski definition) is 0. The van der Waals surface area contributed by atoms with E-state index < -0.39 is 9.15 Å². The fourth-order valence-corrected chi connectivity index (χ4v) is 1.14. The molecule has 0 saturated carbocycles. The maximum atomic E-state index is 9.83. The molecule has 6 heavy (non-hydrogen) atoms. The first-order valence-electron chi connectivity index (χ1n) is 1.24. The highest BCUT2D eigenvalue weighted by Crippen LogP contribution is 2.25. The lowest BCUT2D eigenvalue weighted by atomic mass is 11.7. The van der Waals surface area contributed by atoms with E-state index in [2.05, 4.69) is 4.18 Å². The Morgan fingerprint density at radius 3 is 2.00 bits per heavy atom. The lowest BCUT2D eigenvalue weighted by Crippen LogP contribution is -2.11. The van der Waals surface area contributed by atoms with Crippen molar-refractivity contribution in [3.05, 3.63) is 0 Å². The topological polar surface area (TPSA) is 43.4 Å². The molecule has 0 N–H and O–H groups in total. The second kappa shape index (κ2) is 1.11. The maximum Gasteiger partial charge on any atom is 0.325 e. The van der Waals surface area contributed by atoms with E-state index in [4.69, 9.17) is 0 Å². The van der Waals surface area contributed by atoms with Gasteiger partial charge in [-0.1, -0.05) is 0 Å². The van der Waals surface area contributed by atoms with Crippen LogP contribution in [-0.2, 0) is 13.3 Å². The van der Waals surface area contributed by atoms with Crippen molar-refractivity contribution >= 4 is 19.9 Å². The third-order valence-corrected chi connectivity index (χ3v) is 2.89. The van der Waals surface area contributed by atoms with Crippen LogP contribution in [0.4, 0.5) is 0 Å². The molecule has 1 heterocycles. The average Bonchev–Trinajstić information content (AvgIpc) is 1.32. The summed E-state index contributed by atoms with van der Waals surface area (Å²) in [6, 6.07) is 0. The molecular weight excluding hydrogens is 124 g/mol. The van der Waals surface area contributed by atoms with Gasteiger partial charge >= 0.3 is 9.15 Å². The second-order valence-electron chi connectivity index (χ2n) is 0.762. The molecule has 36 valence electrons. The first-order chi connectivity index (χ1) is 2.71. The molecule has 0 aliphatic carbocycles. The Morgan fingerprint density at radius 2 is 2.00 bits per heavy atom. The zero-order valence-electron chi connectivity index (χ0n) is 2.75. The van der Waals surface area contributed by atoms with Crippen LogP contribution < -0.4 is 0 Å². The normalized spacial score (nSPS) is 28.7. The molecule has 3 nitrogen and oxygen atoms in total. The van der Waals surface area contributed by atoms with Gasteiger partial charge in [0.25, 0.3) is 0 Å². The van der Waals surface area contributed by atoms with Crippen LogP contribution in [-0.4, -0.2) is 14.4 Å². The minimum atomic E-state index is -3.06. The molecule has 0 unspecified atom stereocenters. The predicted octanol–water partition coefficient (Wildman–Crippen LogP) is -0.0479. The van der Waals surface area contributed by atoms with Gasteiger partial charge in [0, 0.05) is 10.8 Å². The molecule has 0 spiro atoms. The zero-order chi connectivity index (χ0) is 4.62. The van der Waals surface area contributed by atoms with Gasteiger partial charge in [0.2, 0.25) is 0 Å². The van der Waals surface area contributed by atoms with Crippen LogP contribution in [0.3, 0.4) is 0 Å². The molecule has 1 aliphatic rings. The zero-order valence-corrected chi connectivity index (χ0v) is 4.38. The van der Waals surface area contributed by atoms with Crippen LogP contribution in [0.2, 0.25) is 0 Å². The summed E-state index contributed by atoms with van der Waals surface area (Å²) in [6.07, 6.45) is 0. The van der Waals surface area contributed by atoms with Crippen LogP contribution in [0, 0.1) is 0 Å². The summed E-state index contributed by atoms with van der Waals surface area (Å²) in [5.41, 5.74) is 0. The van der Waals surface area contributed by atoms with Gasteiger partial charge in [-0.15, -0.1) is 0 Å². The molecular formula is CH2O3S2. The molecule has 0 bridgehead atoms. The molecule has 0 atom stereocenters. The fraction of sp³-hybridized carbons (Fsp3) is 1.00. The molecule has 0 aromatic heterocycles. The van der Waals surface area contributed by atoms with E-state index in [-0.39, 0.29) is 0 Å². The first kappa shape index (κ1) is 4.42. The Morgan fingerprint density at radius 1 is 1.67 bits per heavy atom. The van der Waals surface area contributed by atoms with Gasteiger partial charge in [-0.3, -0.25) is 0 Å². The fourth-order valence-electron chi connectivity index (χ4n) is 0.127. The first-order valence-corrected chi connectivity index (χ1v) is 4.15. The van der Waals surface area contributed by atoms with Crippen molar-refractivity contribution in [1.82, 2.24) is 0 Å². The van der Waals surface area contributed by atoms with E-state index in [9.17, 15) is 8.42 Å². The summed E-state index contributed by atoms with van der Waals surface area (Å²) in [5.74, 6) is 0.294. The van der Waals surface area contributed by atoms with Gasteiger partial charge in [-0.2, -0.15) is 8.42 Å². The minimum Gasteiger partial charge on any atom is -0.250 e. The quantitative estimate of drug-likeness (QED) is 0.427. The van der Waals surface area contributed by atoms with Gasteiger partial charge < -0.3 is 0 Å². The Hall–Kier alpha value is 0.260. The summed E-state index contributed by atoms with van der Waals surface area (Å²) in [5, 5.41) is 0. The van der Waals surface area contributed by atoms with Gasteiger partial charge in [-0.25, -0.2) is 4.18 Å². The molecule has 1 rings (SSSR count). The summed E-state index contributed by atoms with van der Waals surface area (Å²) in [6.45, 7) is 0. The van der Waals surface area contributed by atoms with Crippen LogP contribution in [0.15, 0.2) is 0 Å². The highest BCUT2D eigenvalue weighted by Gasteiger charge is 2.22. The molecule has 0 aromatic rings. The molecule has 1 saturated heterocycles. The van der Waals surface area contributed by atoms with E-state index in [1.165, 1.54) is 0 Å². The summed E-state index contributed by atoms with van der Waals surface area (Å²) in [7, 11) is -2.25. The SMILES string of the molecule is O=S1(=O)OCS1. The van der Waals surface area contributed by atoms with E-state index >= 15 is 0 Å². The molecule has 1 aliphatic heterocycles. The maximum absolute atomic E-state index is 9.83. The third kappa shape index (κ3) is 0.664. The summed E-state index contributed by atoms with van der Waals surface area (Å²) in [4.78, 5) is 0. The molecule has 0 amide bonds. The van der Waals surface area contributed by atoms with Gasteiger partial charge in [-0.05, 0) is 0 Å². The van der Waals surface area contributed by atoms with Crippen molar-refractivity contribution in [3.8, 4) is 0 Å². The van der Waals surface area contributed by atoms with Crippen molar-refractivity contribution in [2.75, 3.05) is 5.94 Å². The van der Waals surface area contributed by atoms with Gasteiger partial charge in [0.1, 0.15) is 5.94 Å². The smallest absolute Gasteiger partial charge is 0.250 e. The van der Waals surface area contributed by atoms with Crippen molar-refractivity contribution in [3.63, 3.8) is 0 Å². The van der Waals surface area contributed by atoms with Gasteiger partial charge in [0.05, 0.1) is 0 Å². The average molecular weight is 126 g/mol. The van der Waals surface area contributed by atoms with Gasteiger partial charge in [0.15, 0.2) is 0 Å². The van der Waals surface area contributed by atoms with Crippen LogP contribution in [0.25, 0.3) is 0 Å². The molecule has 5 heteroatoms. The third-order valence-electron chi connectivity index (χ3n) is 0.385. The molecule has 0 aromatic carbocycles. The highest BCUT2D eigenvalue weighted by atomic mass is 33.2. The summed E-state index contributed by atoms with van der Waals surface area (Å²) >= 11 is 0. The summed E-state index contributed by atoms with van der Waals surface area (Å²) < 4.78 is 23.7. The monoisotopic (exact) mass is 126 g/mol. The van der Waals surface area contributed by atoms with E-state index in [0.717, 1.165) is 10.8 Å². The Labute approximate surface area is 39.2 Å². The van der Waals surface area contributed by atoms with Crippen molar-refractivity contribution in [1.29, 1.82) is 0 Å².